The fourth-order valence-electron chi connectivity index (χ4n) is 1.85. The van der Waals surface area contributed by atoms with E-state index in [1.165, 1.54) is 0 Å². The number of hydrogen-bond donors (Lipinski definition) is 1. The highest BCUT2D eigenvalue weighted by Gasteiger charge is 2.14. The molecule has 1 aromatic heterocycles. The number of nitrogens with one attached hydrogen (secondary N) is 1. The summed E-state index contributed by atoms with van der Waals surface area (Å²) >= 11 is 21.9. The normalized spacial score (nSPS) is 10.9. The van der Waals surface area contributed by atoms with Gasteiger partial charge in [-0.15, -0.1) is 0 Å². The lowest BCUT2D eigenvalue weighted by molar-refractivity contribution is 0.707. The molecule has 108 valence electrons. The van der Waals surface area contributed by atoms with Crippen LogP contribution in [0.25, 0.3) is 0 Å². The Bertz CT molecular complexity index is 640. The summed E-state index contributed by atoms with van der Waals surface area (Å²) < 4.78 is 2.55. The zero-order chi connectivity index (χ0) is 14.9. The molecule has 1 heterocycles. The Morgan fingerprint density at radius 2 is 1.90 bits per heavy atom. The predicted octanol–water partition coefficient (Wildman–Crippen LogP) is 5.32. The Kier molecular flexibility index (Phi) is 5.24. The topological polar surface area (TPSA) is 29.9 Å². The summed E-state index contributed by atoms with van der Waals surface area (Å²) in [5, 5.41) is 9.27. The molecule has 0 aliphatic heterocycles. The van der Waals surface area contributed by atoms with Gasteiger partial charge < -0.3 is 5.32 Å². The molecule has 0 unspecified atom stereocenters. The predicted molar refractivity (Wildman–Crippen MR) is 89.1 cm³/mol. The van der Waals surface area contributed by atoms with E-state index in [1.54, 1.807) is 4.68 Å². The molecule has 0 saturated heterocycles. The Labute approximate surface area is 141 Å². The minimum absolute atomic E-state index is 0.482. The molecule has 0 spiro atoms. The van der Waals surface area contributed by atoms with Crippen molar-refractivity contribution < 1.29 is 0 Å². The van der Waals surface area contributed by atoms with Gasteiger partial charge in [0.2, 0.25) is 0 Å². The number of aromatic nitrogens is 2. The van der Waals surface area contributed by atoms with Crippen molar-refractivity contribution in [2.45, 2.75) is 19.9 Å². The molecule has 1 aromatic carbocycles. The zero-order valence-electron chi connectivity index (χ0n) is 11.0. The lowest BCUT2D eigenvalue weighted by Gasteiger charge is -2.11. The Hall–Kier alpha value is -0.420. The van der Waals surface area contributed by atoms with Crippen LogP contribution >= 0.6 is 50.7 Å². The summed E-state index contributed by atoms with van der Waals surface area (Å²) in [5.41, 5.74) is 2.57. The minimum Gasteiger partial charge on any atom is -0.378 e. The third-order valence-corrected chi connectivity index (χ3v) is 5.19. The second-order valence-electron chi connectivity index (χ2n) is 4.26. The van der Waals surface area contributed by atoms with Gasteiger partial charge in [0, 0.05) is 11.5 Å². The number of hydrogen-bond acceptors (Lipinski definition) is 2. The summed E-state index contributed by atoms with van der Waals surface area (Å²) in [4.78, 5) is 0. The smallest absolute Gasteiger partial charge is 0.0868 e. The number of aryl methyl sites for hydroxylation is 2. The number of halogens is 4. The van der Waals surface area contributed by atoms with Gasteiger partial charge >= 0.3 is 0 Å². The Morgan fingerprint density at radius 1 is 1.20 bits per heavy atom. The number of benzene rings is 1. The van der Waals surface area contributed by atoms with Crippen molar-refractivity contribution in [1.82, 2.24) is 9.78 Å². The van der Waals surface area contributed by atoms with Crippen LogP contribution in [0.5, 0.6) is 0 Å². The van der Waals surface area contributed by atoms with Crippen molar-refractivity contribution in [2.75, 3.05) is 5.32 Å². The van der Waals surface area contributed by atoms with E-state index in [1.807, 2.05) is 26.1 Å². The molecule has 0 fully saturated rings. The number of anilines is 1. The highest BCUT2D eigenvalue weighted by molar-refractivity contribution is 9.10. The fraction of sp³-hybridized carbons (Fsp3) is 0.308. The molecular weight excluding hydrogens is 384 g/mol. The van der Waals surface area contributed by atoms with Crippen LogP contribution in [0.15, 0.2) is 16.6 Å². The summed E-state index contributed by atoms with van der Waals surface area (Å²) in [6.45, 7) is 2.55. The van der Waals surface area contributed by atoms with Crippen molar-refractivity contribution in [3.63, 3.8) is 0 Å². The summed E-state index contributed by atoms with van der Waals surface area (Å²) in [6, 6.07) is 3.71. The van der Waals surface area contributed by atoms with Crippen molar-refractivity contribution in [1.29, 1.82) is 0 Å². The van der Waals surface area contributed by atoms with Crippen molar-refractivity contribution in [2.24, 2.45) is 7.05 Å². The van der Waals surface area contributed by atoms with E-state index >= 15 is 0 Å². The van der Waals surface area contributed by atoms with Crippen molar-refractivity contribution in [3.05, 3.63) is 43.1 Å². The fourth-order valence-corrected chi connectivity index (χ4v) is 3.05. The molecule has 3 nitrogen and oxygen atoms in total. The first-order valence-electron chi connectivity index (χ1n) is 6.03. The molecular formula is C13H13BrCl3N3. The molecule has 0 aliphatic carbocycles. The van der Waals surface area contributed by atoms with E-state index in [-0.39, 0.29) is 0 Å². The SMILES string of the molecule is CCc1nn(C)c(CNc2ccc(Br)c(Cl)c2Cl)c1Cl. The van der Waals surface area contributed by atoms with Gasteiger partial charge in [0.1, 0.15) is 0 Å². The minimum atomic E-state index is 0.482. The Balaban J connectivity index is 2.21. The van der Waals surface area contributed by atoms with E-state index < -0.39 is 0 Å². The quantitative estimate of drug-likeness (QED) is 0.708. The van der Waals surface area contributed by atoms with Crippen LogP contribution in [0.2, 0.25) is 15.1 Å². The molecule has 0 aliphatic rings. The van der Waals surface area contributed by atoms with E-state index in [0.717, 1.165) is 28.0 Å². The average molecular weight is 398 g/mol. The first kappa shape index (κ1) is 16.0. The first-order chi connectivity index (χ1) is 9.45. The van der Waals surface area contributed by atoms with Crippen LogP contribution in [0, 0.1) is 0 Å². The van der Waals surface area contributed by atoms with Gasteiger partial charge in [0.05, 0.1) is 38.7 Å². The van der Waals surface area contributed by atoms with Crippen LogP contribution < -0.4 is 5.32 Å². The molecule has 0 amide bonds. The third-order valence-electron chi connectivity index (χ3n) is 2.98. The molecule has 0 radical (unpaired) electrons. The second-order valence-corrected chi connectivity index (χ2v) is 6.25. The highest BCUT2D eigenvalue weighted by Crippen LogP contribution is 2.36. The van der Waals surface area contributed by atoms with Crippen molar-refractivity contribution in [3.8, 4) is 0 Å². The van der Waals surface area contributed by atoms with Gasteiger partial charge in [-0.3, -0.25) is 4.68 Å². The maximum atomic E-state index is 6.30. The zero-order valence-corrected chi connectivity index (χ0v) is 14.8. The number of rotatable bonds is 4. The summed E-state index contributed by atoms with van der Waals surface area (Å²) in [7, 11) is 1.87. The second kappa shape index (κ2) is 6.56. The molecule has 2 aromatic rings. The van der Waals surface area contributed by atoms with E-state index in [0.29, 0.717) is 21.6 Å². The van der Waals surface area contributed by atoms with Crippen molar-refractivity contribution >= 4 is 56.4 Å². The third kappa shape index (κ3) is 3.08. The van der Waals surface area contributed by atoms with E-state index in [2.05, 4.69) is 26.3 Å². The number of nitrogens with zero attached hydrogens (tertiary/aromatic N) is 2. The summed E-state index contributed by atoms with van der Waals surface area (Å²) in [5.74, 6) is 0. The molecule has 0 atom stereocenters. The Morgan fingerprint density at radius 3 is 2.50 bits per heavy atom. The molecule has 2 rings (SSSR count). The van der Waals surface area contributed by atoms with Crippen LogP contribution in [-0.4, -0.2) is 9.78 Å². The van der Waals surface area contributed by atoms with Crippen LogP contribution in [0.4, 0.5) is 5.69 Å². The van der Waals surface area contributed by atoms with Gasteiger partial charge in [-0.25, -0.2) is 0 Å². The van der Waals surface area contributed by atoms with E-state index in [4.69, 9.17) is 34.8 Å². The van der Waals surface area contributed by atoms with Crippen LogP contribution in [-0.2, 0) is 20.0 Å². The summed E-state index contributed by atoms with van der Waals surface area (Å²) in [6.07, 6.45) is 0.803. The molecule has 1 N–H and O–H groups in total. The van der Waals surface area contributed by atoms with Gasteiger partial charge in [-0.1, -0.05) is 41.7 Å². The lowest BCUT2D eigenvalue weighted by Crippen LogP contribution is -2.06. The highest BCUT2D eigenvalue weighted by atomic mass is 79.9. The largest absolute Gasteiger partial charge is 0.378 e. The van der Waals surface area contributed by atoms with E-state index in [9.17, 15) is 0 Å². The lowest BCUT2D eigenvalue weighted by atomic mass is 10.2. The first-order valence-corrected chi connectivity index (χ1v) is 7.96. The van der Waals surface area contributed by atoms with Gasteiger partial charge in [-0.05, 0) is 34.5 Å². The monoisotopic (exact) mass is 395 g/mol. The van der Waals surface area contributed by atoms with Crippen LogP contribution in [0.1, 0.15) is 18.3 Å². The maximum absolute atomic E-state index is 6.30. The average Bonchev–Trinajstić information content (AvgIpc) is 2.70. The van der Waals surface area contributed by atoms with Gasteiger partial charge in [0.25, 0.3) is 0 Å². The van der Waals surface area contributed by atoms with Gasteiger partial charge in [0.15, 0.2) is 0 Å². The molecule has 20 heavy (non-hydrogen) atoms. The standard InChI is InChI=1S/C13H13BrCl3N3/c1-3-8-12(16)10(20(2)19-8)6-18-9-5-4-7(14)11(15)13(9)17/h4-5,18H,3,6H2,1-2H3. The molecule has 0 saturated carbocycles. The van der Waals surface area contributed by atoms with Gasteiger partial charge in [-0.2, -0.15) is 5.10 Å². The molecule has 7 heteroatoms. The van der Waals surface area contributed by atoms with Crippen LogP contribution in [0.3, 0.4) is 0 Å². The maximum Gasteiger partial charge on any atom is 0.0868 e. The molecule has 0 bridgehead atoms.